The lowest BCUT2D eigenvalue weighted by Gasteiger charge is -2.36. The molecule has 1 saturated carbocycles. The third-order valence-electron chi connectivity index (χ3n) is 3.33. The Kier molecular flexibility index (Phi) is 3.16. The van der Waals surface area contributed by atoms with Gasteiger partial charge in [-0.15, -0.1) is 0 Å². The first kappa shape index (κ1) is 10.0. The highest BCUT2D eigenvalue weighted by molar-refractivity contribution is 4.80. The van der Waals surface area contributed by atoms with Crippen LogP contribution in [0.2, 0.25) is 0 Å². The molecule has 1 aliphatic carbocycles. The van der Waals surface area contributed by atoms with E-state index >= 15 is 0 Å². The van der Waals surface area contributed by atoms with Crippen molar-refractivity contribution in [2.24, 2.45) is 17.3 Å². The summed E-state index contributed by atoms with van der Waals surface area (Å²) in [5.74, 6) is 1.48. The number of hydrogen-bond donors (Lipinski definition) is 1. The van der Waals surface area contributed by atoms with Crippen molar-refractivity contribution in [1.82, 2.24) is 0 Å². The topological polar surface area (TPSA) is 20.2 Å². The van der Waals surface area contributed by atoms with Crippen LogP contribution in [0.1, 0.15) is 46.5 Å². The Morgan fingerprint density at radius 3 is 1.92 bits per heavy atom. The van der Waals surface area contributed by atoms with E-state index in [4.69, 9.17) is 5.11 Å². The van der Waals surface area contributed by atoms with Gasteiger partial charge < -0.3 is 5.11 Å². The summed E-state index contributed by atoms with van der Waals surface area (Å²) in [5, 5.41) is 8.98. The molecule has 72 valence electrons. The Hall–Kier alpha value is -0.0400. The predicted octanol–water partition coefficient (Wildman–Crippen LogP) is 2.83. The molecular weight excluding hydrogens is 148 g/mol. The fraction of sp³-hybridized carbons (Fsp3) is 1.00. The van der Waals surface area contributed by atoms with Crippen LogP contribution in [-0.4, -0.2) is 11.7 Å². The van der Waals surface area contributed by atoms with Crippen LogP contribution in [0.15, 0.2) is 0 Å². The minimum Gasteiger partial charge on any atom is -0.396 e. The Labute approximate surface area is 76.2 Å². The Bertz CT molecular complexity index is 126. The fourth-order valence-electron chi connectivity index (χ4n) is 2.21. The third kappa shape index (κ3) is 2.48. The van der Waals surface area contributed by atoms with Crippen LogP contribution in [0.4, 0.5) is 0 Å². The minimum absolute atomic E-state index is 0.400. The standard InChI is InChI=1S/C11H22O/c1-11(2,3)10-6-4-9(8-12)5-7-10/h9-10,12H,4-8H2,1-3H3. The first-order valence-corrected chi connectivity index (χ1v) is 5.15. The molecule has 0 aliphatic heterocycles. The van der Waals surface area contributed by atoms with Gasteiger partial charge in [0.25, 0.3) is 0 Å². The average molecular weight is 170 g/mol. The molecule has 1 N–H and O–H groups in total. The van der Waals surface area contributed by atoms with E-state index in [0.717, 1.165) is 5.92 Å². The second kappa shape index (κ2) is 3.78. The summed E-state index contributed by atoms with van der Waals surface area (Å²) in [6, 6.07) is 0. The molecule has 12 heavy (non-hydrogen) atoms. The van der Waals surface area contributed by atoms with E-state index in [1.54, 1.807) is 0 Å². The van der Waals surface area contributed by atoms with Crippen molar-refractivity contribution < 1.29 is 5.11 Å². The maximum atomic E-state index is 8.98. The number of hydrogen-bond acceptors (Lipinski definition) is 1. The summed E-state index contributed by atoms with van der Waals surface area (Å²) in [4.78, 5) is 0. The number of aliphatic hydroxyl groups is 1. The zero-order valence-corrected chi connectivity index (χ0v) is 8.64. The normalized spacial score (nSPS) is 32.0. The van der Waals surface area contributed by atoms with Crippen LogP contribution >= 0.6 is 0 Å². The molecule has 0 amide bonds. The molecule has 0 radical (unpaired) electrons. The van der Waals surface area contributed by atoms with Gasteiger partial charge in [0.1, 0.15) is 0 Å². The van der Waals surface area contributed by atoms with Gasteiger partial charge in [0.2, 0.25) is 0 Å². The van der Waals surface area contributed by atoms with E-state index in [1.807, 2.05) is 0 Å². The lowest BCUT2D eigenvalue weighted by atomic mass is 9.70. The van der Waals surface area contributed by atoms with Crippen molar-refractivity contribution in [2.45, 2.75) is 46.5 Å². The van der Waals surface area contributed by atoms with Gasteiger partial charge in [-0.3, -0.25) is 0 Å². The molecule has 0 aromatic rings. The fourth-order valence-corrected chi connectivity index (χ4v) is 2.21. The van der Waals surface area contributed by atoms with Gasteiger partial charge in [-0.25, -0.2) is 0 Å². The van der Waals surface area contributed by atoms with Crippen molar-refractivity contribution in [3.8, 4) is 0 Å². The zero-order chi connectivity index (χ0) is 9.19. The molecule has 0 aromatic heterocycles. The van der Waals surface area contributed by atoms with Crippen molar-refractivity contribution >= 4 is 0 Å². The molecule has 0 aromatic carbocycles. The highest BCUT2D eigenvalue weighted by atomic mass is 16.3. The molecule has 1 nitrogen and oxygen atoms in total. The summed E-state index contributed by atoms with van der Waals surface area (Å²) in [6.07, 6.45) is 5.10. The monoisotopic (exact) mass is 170 g/mol. The van der Waals surface area contributed by atoms with Gasteiger partial charge in [-0.05, 0) is 42.9 Å². The molecule has 0 atom stereocenters. The van der Waals surface area contributed by atoms with Crippen molar-refractivity contribution in [2.75, 3.05) is 6.61 Å². The maximum Gasteiger partial charge on any atom is 0.0459 e. The van der Waals surface area contributed by atoms with Gasteiger partial charge in [-0.1, -0.05) is 20.8 Å². The highest BCUT2D eigenvalue weighted by Gasteiger charge is 2.29. The van der Waals surface area contributed by atoms with Crippen LogP contribution in [-0.2, 0) is 0 Å². The summed E-state index contributed by atoms with van der Waals surface area (Å²) >= 11 is 0. The summed E-state index contributed by atoms with van der Waals surface area (Å²) in [6.45, 7) is 7.39. The van der Waals surface area contributed by atoms with Gasteiger partial charge >= 0.3 is 0 Å². The SMILES string of the molecule is CC(C)(C)C1CCC(CO)CC1. The summed E-state index contributed by atoms with van der Waals surface area (Å²) in [7, 11) is 0. The van der Waals surface area contributed by atoms with Crippen LogP contribution in [0.5, 0.6) is 0 Å². The maximum absolute atomic E-state index is 8.98. The molecule has 1 rings (SSSR count). The van der Waals surface area contributed by atoms with E-state index < -0.39 is 0 Å². The lowest BCUT2D eigenvalue weighted by molar-refractivity contribution is 0.114. The third-order valence-corrected chi connectivity index (χ3v) is 3.33. The van der Waals surface area contributed by atoms with Crippen LogP contribution in [0.25, 0.3) is 0 Å². The molecule has 0 spiro atoms. The Morgan fingerprint density at radius 2 is 1.58 bits per heavy atom. The largest absolute Gasteiger partial charge is 0.396 e. The van der Waals surface area contributed by atoms with E-state index in [9.17, 15) is 0 Å². The summed E-state index contributed by atoms with van der Waals surface area (Å²) < 4.78 is 0. The smallest absolute Gasteiger partial charge is 0.0459 e. The van der Waals surface area contributed by atoms with Crippen molar-refractivity contribution in [1.29, 1.82) is 0 Å². The quantitative estimate of drug-likeness (QED) is 0.641. The van der Waals surface area contributed by atoms with E-state index in [2.05, 4.69) is 20.8 Å². The Morgan fingerprint density at radius 1 is 1.08 bits per heavy atom. The van der Waals surface area contributed by atoms with Crippen molar-refractivity contribution in [3.63, 3.8) is 0 Å². The molecular formula is C11H22O. The lowest BCUT2D eigenvalue weighted by Crippen LogP contribution is -2.26. The molecule has 0 bridgehead atoms. The summed E-state index contributed by atoms with van der Waals surface area (Å²) in [5.41, 5.74) is 0.473. The van der Waals surface area contributed by atoms with E-state index in [1.165, 1.54) is 25.7 Å². The molecule has 1 heteroatoms. The first-order chi connectivity index (χ1) is 5.54. The number of rotatable bonds is 1. The van der Waals surface area contributed by atoms with Crippen LogP contribution in [0.3, 0.4) is 0 Å². The molecule has 0 saturated heterocycles. The second-order valence-corrected chi connectivity index (χ2v) is 5.27. The number of aliphatic hydroxyl groups excluding tert-OH is 1. The van der Waals surface area contributed by atoms with Crippen LogP contribution in [0, 0.1) is 17.3 Å². The van der Waals surface area contributed by atoms with E-state index in [0.29, 0.717) is 17.9 Å². The predicted molar refractivity (Wildman–Crippen MR) is 52.0 cm³/mol. The zero-order valence-electron chi connectivity index (χ0n) is 8.64. The second-order valence-electron chi connectivity index (χ2n) is 5.27. The molecule has 0 heterocycles. The van der Waals surface area contributed by atoms with Crippen molar-refractivity contribution in [3.05, 3.63) is 0 Å². The average Bonchev–Trinajstić information content (AvgIpc) is 2.03. The molecule has 0 unspecified atom stereocenters. The van der Waals surface area contributed by atoms with Gasteiger partial charge in [0, 0.05) is 6.61 Å². The van der Waals surface area contributed by atoms with Gasteiger partial charge in [0.05, 0.1) is 0 Å². The Balaban J connectivity index is 2.36. The molecule has 1 aliphatic rings. The first-order valence-electron chi connectivity index (χ1n) is 5.15. The highest BCUT2D eigenvalue weighted by Crippen LogP contribution is 2.39. The molecule has 1 fully saturated rings. The van der Waals surface area contributed by atoms with Crippen LogP contribution < -0.4 is 0 Å². The van der Waals surface area contributed by atoms with Gasteiger partial charge in [0.15, 0.2) is 0 Å². The minimum atomic E-state index is 0.400. The van der Waals surface area contributed by atoms with Gasteiger partial charge in [-0.2, -0.15) is 0 Å². The van der Waals surface area contributed by atoms with E-state index in [-0.39, 0.29) is 0 Å².